The summed E-state index contributed by atoms with van der Waals surface area (Å²) in [4.78, 5) is 58.7. The number of nitrogens with two attached hydrogens (primary N) is 3. The lowest BCUT2D eigenvalue weighted by atomic mass is 10.0. The van der Waals surface area contributed by atoms with Crippen molar-refractivity contribution in [2.75, 3.05) is 57.2 Å². The number of benzene rings is 2. The average molecular weight is 845 g/mol. The number of likely N-dealkylation sites (tertiary alicyclic amines) is 2. The topological polar surface area (TPSA) is 209 Å². The van der Waals surface area contributed by atoms with Crippen LogP contribution < -0.4 is 32.0 Å². The van der Waals surface area contributed by atoms with Crippen LogP contribution in [0.5, 0.6) is 11.5 Å². The Balaban J connectivity index is 0.000000220. The number of rotatable bonds is 8. The zero-order chi connectivity index (χ0) is 43.6. The van der Waals surface area contributed by atoms with Crippen molar-refractivity contribution in [2.45, 2.75) is 51.6 Å². The SMILES string of the molecule is CC(=O)N1CCC(N)CC1.COc1ccc(F)c(F)c1C(=O)c1ccc(Cl)nc1N.COc1ccc(F)c(F)c1C(=O)c1ccc(NC2CCN(C(C)=O)CC2)nc1N. The summed E-state index contributed by atoms with van der Waals surface area (Å²) in [7, 11) is 2.50. The molecule has 2 saturated heterocycles. The zero-order valence-corrected chi connectivity index (χ0v) is 33.5. The van der Waals surface area contributed by atoms with Crippen LogP contribution in [0.2, 0.25) is 5.15 Å². The molecule has 2 aliphatic rings. The minimum Gasteiger partial charge on any atom is -0.496 e. The molecule has 0 bridgehead atoms. The quantitative estimate of drug-likeness (QED) is 0.1000. The predicted molar refractivity (Wildman–Crippen MR) is 213 cm³/mol. The van der Waals surface area contributed by atoms with Crippen LogP contribution >= 0.6 is 11.6 Å². The first-order valence-corrected chi connectivity index (χ1v) is 18.7. The van der Waals surface area contributed by atoms with Gasteiger partial charge < -0.3 is 41.8 Å². The van der Waals surface area contributed by atoms with Gasteiger partial charge in [-0.2, -0.15) is 0 Å². The number of piperidine rings is 2. The number of pyridine rings is 2. The maximum absolute atomic E-state index is 14.2. The molecule has 14 nitrogen and oxygen atoms in total. The number of ether oxygens (including phenoxy) is 2. The summed E-state index contributed by atoms with van der Waals surface area (Å²) in [5.74, 6) is -6.34. The van der Waals surface area contributed by atoms with Gasteiger partial charge in [0.1, 0.15) is 45.2 Å². The molecule has 0 unspecified atom stereocenters. The maximum atomic E-state index is 14.2. The predicted octanol–water partition coefficient (Wildman–Crippen LogP) is 5.40. The lowest BCUT2D eigenvalue weighted by Crippen LogP contribution is -2.41. The molecule has 0 atom stereocenters. The van der Waals surface area contributed by atoms with E-state index in [4.69, 9.17) is 38.3 Å². The first-order chi connectivity index (χ1) is 28.0. The van der Waals surface area contributed by atoms with Crippen LogP contribution in [0.3, 0.4) is 0 Å². The highest BCUT2D eigenvalue weighted by atomic mass is 35.5. The molecule has 2 fully saturated rings. The second kappa shape index (κ2) is 20.6. The fraction of sp³-hybridized carbons (Fsp3) is 0.350. The standard InChI is InChI=1S/C20H22F2N4O3.C13H9ClF2N2O2.C7H14N2O/c1-11(27)26-9-7-12(8-10-26)24-16-6-3-13(20(23)25-16)19(28)17-15(29-2)5-4-14(21)18(17)22;1-20-8-4-3-7(15)11(16)10(8)12(19)6-2-5-9(14)18-13(6)17;1-6(10)9-4-2-7(8)3-5-9/h3-6,12H,7-10H2,1-2H3,(H3,23,24,25);2-5H,1H3,(H2,17,18);7H,2-5,8H2,1H3. The number of anilines is 3. The third-order valence-corrected chi connectivity index (χ3v) is 9.80. The van der Waals surface area contributed by atoms with Crippen LogP contribution in [0.4, 0.5) is 35.0 Å². The number of aromatic nitrogens is 2. The molecule has 2 aromatic heterocycles. The third-order valence-electron chi connectivity index (χ3n) is 9.59. The van der Waals surface area contributed by atoms with Crippen LogP contribution in [0.15, 0.2) is 48.5 Å². The number of carbonyl (C=O) groups excluding carboxylic acids is 4. The number of hydrogen-bond acceptors (Lipinski definition) is 12. The van der Waals surface area contributed by atoms with E-state index in [0.717, 1.165) is 57.0 Å². The average Bonchev–Trinajstić information content (AvgIpc) is 3.20. The van der Waals surface area contributed by atoms with Crippen LogP contribution in [0.25, 0.3) is 0 Å². The Morgan fingerprint density at radius 3 is 1.51 bits per heavy atom. The lowest BCUT2D eigenvalue weighted by molar-refractivity contribution is -0.130. The number of methoxy groups -OCH3 is 2. The lowest BCUT2D eigenvalue weighted by Gasteiger charge is -2.32. The summed E-state index contributed by atoms with van der Waals surface area (Å²) in [6.45, 7) is 6.14. The largest absolute Gasteiger partial charge is 0.496 e. The van der Waals surface area contributed by atoms with Gasteiger partial charge in [0, 0.05) is 52.1 Å². The van der Waals surface area contributed by atoms with Gasteiger partial charge in [-0.25, -0.2) is 27.5 Å². The van der Waals surface area contributed by atoms with E-state index in [1.165, 1.54) is 38.5 Å². The number of nitrogens with one attached hydrogen (secondary N) is 1. The van der Waals surface area contributed by atoms with E-state index < -0.39 is 46.0 Å². The summed E-state index contributed by atoms with van der Waals surface area (Å²) in [5, 5.41) is 3.32. The molecule has 0 aliphatic carbocycles. The number of amides is 2. The molecule has 19 heteroatoms. The molecule has 59 heavy (non-hydrogen) atoms. The molecular formula is C40H45ClF4N8O6. The van der Waals surface area contributed by atoms with Gasteiger partial charge in [-0.1, -0.05) is 11.6 Å². The van der Waals surface area contributed by atoms with Crippen molar-refractivity contribution in [1.82, 2.24) is 19.8 Å². The van der Waals surface area contributed by atoms with Gasteiger partial charge in [-0.15, -0.1) is 0 Å². The van der Waals surface area contributed by atoms with Gasteiger partial charge in [-0.3, -0.25) is 19.2 Å². The Kier molecular flexibility index (Phi) is 16.0. The van der Waals surface area contributed by atoms with Crippen LogP contribution in [-0.4, -0.2) is 95.6 Å². The monoisotopic (exact) mass is 844 g/mol. The maximum Gasteiger partial charge on any atom is 0.219 e. The minimum atomic E-state index is -1.30. The van der Waals surface area contributed by atoms with Gasteiger partial charge in [-0.05, 0) is 74.2 Å². The Morgan fingerprint density at radius 2 is 1.10 bits per heavy atom. The second-order valence-corrected chi connectivity index (χ2v) is 13.9. The number of hydrogen-bond donors (Lipinski definition) is 4. The summed E-state index contributed by atoms with van der Waals surface area (Å²) in [5.41, 5.74) is 15.9. The highest BCUT2D eigenvalue weighted by Crippen LogP contribution is 2.30. The smallest absolute Gasteiger partial charge is 0.219 e. The molecular weight excluding hydrogens is 800 g/mol. The van der Waals surface area contributed by atoms with Gasteiger partial charge >= 0.3 is 0 Å². The first kappa shape index (κ1) is 45.7. The molecule has 0 spiro atoms. The third kappa shape index (κ3) is 11.6. The van der Waals surface area contributed by atoms with Crippen LogP contribution in [0, 0.1) is 23.3 Å². The van der Waals surface area contributed by atoms with Gasteiger partial charge in [0.25, 0.3) is 0 Å². The number of halogens is 5. The van der Waals surface area contributed by atoms with E-state index in [1.54, 1.807) is 24.8 Å². The first-order valence-electron chi connectivity index (χ1n) is 18.3. The number of ketones is 2. The van der Waals surface area contributed by atoms with E-state index in [0.29, 0.717) is 24.9 Å². The van der Waals surface area contributed by atoms with E-state index in [1.807, 2.05) is 4.90 Å². The van der Waals surface area contributed by atoms with Crippen LogP contribution in [0.1, 0.15) is 71.4 Å². The minimum absolute atomic E-state index is 0.0497. The van der Waals surface area contributed by atoms with Crippen LogP contribution in [-0.2, 0) is 9.59 Å². The Morgan fingerprint density at radius 1 is 0.678 bits per heavy atom. The molecule has 6 rings (SSSR count). The molecule has 2 aliphatic heterocycles. The highest BCUT2D eigenvalue weighted by molar-refractivity contribution is 6.29. The summed E-state index contributed by atoms with van der Waals surface area (Å²) < 4.78 is 64.8. The fourth-order valence-corrected chi connectivity index (χ4v) is 6.40. The van der Waals surface area contributed by atoms with Gasteiger partial charge in [0.2, 0.25) is 23.4 Å². The van der Waals surface area contributed by atoms with Crippen molar-refractivity contribution in [1.29, 1.82) is 0 Å². The molecule has 7 N–H and O–H groups in total. The Bertz CT molecular complexity index is 2180. The number of carbonyl (C=O) groups is 4. The molecule has 0 saturated carbocycles. The molecule has 316 valence electrons. The van der Waals surface area contributed by atoms with Gasteiger partial charge in [0.15, 0.2) is 23.3 Å². The van der Waals surface area contributed by atoms with E-state index >= 15 is 0 Å². The van der Waals surface area contributed by atoms with Crippen molar-refractivity contribution >= 4 is 52.4 Å². The summed E-state index contributed by atoms with van der Waals surface area (Å²) in [6.07, 6.45) is 3.43. The van der Waals surface area contributed by atoms with Crippen molar-refractivity contribution in [2.24, 2.45) is 5.73 Å². The molecule has 0 radical (unpaired) electrons. The second-order valence-electron chi connectivity index (χ2n) is 13.5. The summed E-state index contributed by atoms with van der Waals surface area (Å²) in [6, 6.07) is 10.1. The fourth-order valence-electron chi connectivity index (χ4n) is 6.25. The molecule has 2 aromatic carbocycles. The Hall–Kier alpha value is -6.01. The molecule has 2 amide bonds. The van der Waals surface area contributed by atoms with Gasteiger partial charge in [0.05, 0.1) is 25.3 Å². The molecule has 4 aromatic rings. The van der Waals surface area contributed by atoms with E-state index in [9.17, 15) is 36.7 Å². The van der Waals surface area contributed by atoms with Crippen molar-refractivity contribution < 1.29 is 46.2 Å². The number of nitrogens with zero attached hydrogens (tertiary/aromatic N) is 4. The number of nitrogen functional groups attached to an aromatic ring is 2. The van der Waals surface area contributed by atoms with Crippen molar-refractivity contribution in [3.63, 3.8) is 0 Å². The highest BCUT2D eigenvalue weighted by Gasteiger charge is 2.27. The van der Waals surface area contributed by atoms with Crippen molar-refractivity contribution in [3.05, 3.63) is 99.2 Å². The van der Waals surface area contributed by atoms with E-state index in [2.05, 4.69) is 15.3 Å². The van der Waals surface area contributed by atoms with E-state index in [-0.39, 0.29) is 57.3 Å². The zero-order valence-electron chi connectivity index (χ0n) is 32.8. The Labute approximate surface area is 343 Å². The van der Waals surface area contributed by atoms with Crippen molar-refractivity contribution in [3.8, 4) is 11.5 Å². The summed E-state index contributed by atoms with van der Waals surface area (Å²) >= 11 is 5.62. The normalized spacial score (nSPS) is 14.3. The molecule has 4 heterocycles.